The Kier molecular flexibility index (Phi) is 7.62. The molecule has 0 saturated carbocycles. The molecular formula is C17H24Cl2N2O3. The Morgan fingerprint density at radius 1 is 1.33 bits per heavy atom. The molecule has 2 rings (SSSR count). The van der Waals surface area contributed by atoms with Gasteiger partial charge in [0.2, 0.25) is 5.91 Å². The van der Waals surface area contributed by atoms with E-state index >= 15 is 0 Å². The minimum absolute atomic E-state index is 0.0652. The van der Waals surface area contributed by atoms with Crippen LogP contribution >= 0.6 is 23.2 Å². The molecule has 0 unspecified atom stereocenters. The quantitative estimate of drug-likeness (QED) is 0.686. The fourth-order valence-corrected chi connectivity index (χ4v) is 3.32. The molecule has 0 aromatic heterocycles. The van der Waals surface area contributed by atoms with Gasteiger partial charge in [-0.25, -0.2) is 0 Å². The van der Waals surface area contributed by atoms with E-state index in [-0.39, 0.29) is 5.91 Å². The van der Waals surface area contributed by atoms with Crippen LogP contribution in [0.1, 0.15) is 19.3 Å². The molecule has 0 atom stereocenters. The van der Waals surface area contributed by atoms with Crippen molar-refractivity contribution in [2.45, 2.75) is 19.3 Å². The molecule has 1 aliphatic rings. The summed E-state index contributed by atoms with van der Waals surface area (Å²) in [6, 6.07) is 5.12. The van der Waals surface area contributed by atoms with Crippen LogP contribution in [-0.4, -0.2) is 45.9 Å². The van der Waals surface area contributed by atoms with Crippen molar-refractivity contribution >= 4 is 29.1 Å². The summed E-state index contributed by atoms with van der Waals surface area (Å²) in [6.45, 7) is 3.17. The van der Waals surface area contributed by atoms with Crippen LogP contribution in [0.2, 0.25) is 10.0 Å². The Morgan fingerprint density at radius 2 is 2.08 bits per heavy atom. The number of ether oxygens (including phenoxy) is 2. The highest BCUT2D eigenvalue weighted by molar-refractivity contribution is 6.35. The largest absolute Gasteiger partial charge is 0.492 e. The van der Waals surface area contributed by atoms with Gasteiger partial charge >= 0.3 is 0 Å². The van der Waals surface area contributed by atoms with Gasteiger partial charge in [-0.15, -0.1) is 0 Å². The number of rotatable bonds is 8. The van der Waals surface area contributed by atoms with Gasteiger partial charge < -0.3 is 20.1 Å². The summed E-state index contributed by atoms with van der Waals surface area (Å²) < 4.78 is 10.9. The lowest BCUT2D eigenvalue weighted by Crippen LogP contribution is -2.50. The third-order valence-corrected chi connectivity index (χ3v) is 4.75. The molecule has 1 heterocycles. The van der Waals surface area contributed by atoms with Gasteiger partial charge in [-0.2, -0.15) is 0 Å². The third-order valence-electron chi connectivity index (χ3n) is 4.22. The molecule has 0 radical (unpaired) electrons. The average molecular weight is 375 g/mol. The normalized spacial score (nSPS) is 16.6. The lowest BCUT2D eigenvalue weighted by Gasteiger charge is -2.35. The maximum atomic E-state index is 12.5. The van der Waals surface area contributed by atoms with Crippen LogP contribution in [-0.2, 0) is 9.53 Å². The Balaban J connectivity index is 1.73. The second-order valence-corrected chi connectivity index (χ2v) is 6.84. The number of carbonyl (C=O) groups is 1. The van der Waals surface area contributed by atoms with Crippen LogP contribution in [0.15, 0.2) is 18.2 Å². The monoisotopic (exact) mass is 374 g/mol. The summed E-state index contributed by atoms with van der Waals surface area (Å²) in [5.74, 6) is 0.664. The molecule has 24 heavy (non-hydrogen) atoms. The zero-order chi connectivity index (χ0) is 17.4. The predicted molar refractivity (Wildman–Crippen MR) is 96.0 cm³/mol. The van der Waals surface area contributed by atoms with Crippen molar-refractivity contribution in [3.63, 3.8) is 0 Å². The molecule has 1 amide bonds. The van der Waals surface area contributed by atoms with E-state index in [1.165, 1.54) is 0 Å². The lowest BCUT2D eigenvalue weighted by molar-refractivity contribution is -0.136. The highest BCUT2D eigenvalue weighted by Crippen LogP contribution is 2.29. The molecule has 1 aromatic carbocycles. The first-order valence-corrected chi connectivity index (χ1v) is 8.89. The van der Waals surface area contributed by atoms with E-state index in [4.69, 9.17) is 32.7 Å². The maximum Gasteiger partial charge on any atom is 0.228 e. The SMILES string of the molecule is COCC1(C(=O)NCCCOc2ccc(Cl)cc2Cl)CCNCC1. The van der Waals surface area contributed by atoms with E-state index in [1.807, 2.05) is 0 Å². The highest BCUT2D eigenvalue weighted by Gasteiger charge is 2.39. The van der Waals surface area contributed by atoms with Crippen LogP contribution in [0, 0.1) is 5.41 Å². The molecule has 134 valence electrons. The fraction of sp³-hybridized carbons (Fsp3) is 0.588. The Bertz CT molecular complexity index is 543. The van der Waals surface area contributed by atoms with Crippen molar-refractivity contribution in [2.24, 2.45) is 5.41 Å². The van der Waals surface area contributed by atoms with E-state index in [9.17, 15) is 4.79 Å². The maximum absolute atomic E-state index is 12.5. The number of amides is 1. The van der Waals surface area contributed by atoms with Crippen LogP contribution in [0.5, 0.6) is 5.75 Å². The van der Waals surface area contributed by atoms with Crippen LogP contribution in [0.4, 0.5) is 0 Å². The highest BCUT2D eigenvalue weighted by atomic mass is 35.5. The minimum Gasteiger partial charge on any atom is -0.492 e. The van der Waals surface area contributed by atoms with Crippen LogP contribution in [0.3, 0.4) is 0 Å². The predicted octanol–water partition coefficient (Wildman–Crippen LogP) is 2.89. The molecule has 0 spiro atoms. The zero-order valence-corrected chi connectivity index (χ0v) is 15.4. The fourth-order valence-electron chi connectivity index (χ4n) is 2.85. The number of carbonyl (C=O) groups excluding carboxylic acids is 1. The first-order chi connectivity index (χ1) is 11.6. The average Bonchev–Trinajstić information content (AvgIpc) is 2.57. The Labute approximate surface area is 153 Å². The molecule has 7 heteroatoms. The summed E-state index contributed by atoms with van der Waals surface area (Å²) >= 11 is 11.9. The molecule has 1 saturated heterocycles. The van der Waals surface area contributed by atoms with Gasteiger partial charge in [0.05, 0.1) is 23.7 Å². The molecule has 1 fully saturated rings. The van der Waals surface area contributed by atoms with Crippen molar-refractivity contribution in [1.29, 1.82) is 0 Å². The first-order valence-electron chi connectivity index (χ1n) is 8.13. The summed E-state index contributed by atoms with van der Waals surface area (Å²) in [5.41, 5.74) is -0.416. The minimum atomic E-state index is -0.416. The van der Waals surface area contributed by atoms with Crippen LogP contribution in [0.25, 0.3) is 0 Å². The number of halogens is 2. The molecule has 5 nitrogen and oxygen atoms in total. The molecule has 1 aliphatic heterocycles. The van der Waals surface area contributed by atoms with E-state index in [0.29, 0.717) is 42.0 Å². The number of benzene rings is 1. The summed E-state index contributed by atoms with van der Waals surface area (Å²) in [4.78, 5) is 12.5. The Hall–Kier alpha value is -1.01. The van der Waals surface area contributed by atoms with Crippen molar-refractivity contribution in [1.82, 2.24) is 10.6 Å². The first kappa shape index (κ1) is 19.3. The van der Waals surface area contributed by atoms with Crippen molar-refractivity contribution < 1.29 is 14.3 Å². The van der Waals surface area contributed by atoms with Gasteiger partial charge in [0.1, 0.15) is 5.75 Å². The Morgan fingerprint density at radius 3 is 2.75 bits per heavy atom. The van der Waals surface area contributed by atoms with Crippen molar-refractivity contribution in [3.8, 4) is 5.75 Å². The van der Waals surface area contributed by atoms with Gasteiger partial charge in [0.15, 0.2) is 0 Å². The number of piperidine rings is 1. The van der Waals surface area contributed by atoms with Gasteiger partial charge in [-0.05, 0) is 50.6 Å². The molecule has 1 aromatic rings. The summed E-state index contributed by atoms with van der Waals surface area (Å²) in [6.07, 6.45) is 2.29. The van der Waals surface area contributed by atoms with Crippen LogP contribution < -0.4 is 15.4 Å². The van der Waals surface area contributed by atoms with Crippen molar-refractivity contribution in [3.05, 3.63) is 28.2 Å². The smallest absolute Gasteiger partial charge is 0.228 e. The number of hydrogen-bond donors (Lipinski definition) is 2. The standard InChI is InChI=1S/C17H24Cl2N2O3/c1-23-12-17(5-8-20-9-6-17)16(22)21-7-2-10-24-15-4-3-13(18)11-14(15)19/h3-4,11,20H,2,5-10,12H2,1H3,(H,21,22). The lowest BCUT2D eigenvalue weighted by atomic mass is 9.78. The van der Waals surface area contributed by atoms with Gasteiger partial charge in [0, 0.05) is 18.7 Å². The molecular weight excluding hydrogens is 351 g/mol. The van der Waals surface area contributed by atoms with E-state index in [1.54, 1.807) is 25.3 Å². The number of methoxy groups -OCH3 is 1. The third kappa shape index (κ3) is 5.24. The number of nitrogens with one attached hydrogen (secondary N) is 2. The van der Waals surface area contributed by atoms with Gasteiger partial charge in [0.25, 0.3) is 0 Å². The van der Waals surface area contributed by atoms with E-state index in [0.717, 1.165) is 25.9 Å². The van der Waals surface area contributed by atoms with Gasteiger partial charge in [-0.3, -0.25) is 4.79 Å². The van der Waals surface area contributed by atoms with Gasteiger partial charge in [-0.1, -0.05) is 23.2 Å². The second-order valence-electron chi connectivity index (χ2n) is 6.00. The molecule has 0 bridgehead atoms. The summed E-state index contributed by atoms with van der Waals surface area (Å²) in [5, 5.41) is 7.35. The van der Waals surface area contributed by atoms with Crippen molar-refractivity contribution in [2.75, 3.05) is 40.0 Å². The van der Waals surface area contributed by atoms with E-state index in [2.05, 4.69) is 10.6 Å². The number of hydrogen-bond acceptors (Lipinski definition) is 4. The molecule has 2 N–H and O–H groups in total. The van der Waals surface area contributed by atoms with E-state index < -0.39 is 5.41 Å². The topological polar surface area (TPSA) is 59.6 Å². The second kappa shape index (κ2) is 9.47. The zero-order valence-electron chi connectivity index (χ0n) is 13.9. The summed E-state index contributed by atoms with van der Waals surface area (Å²) in [7, 11) is 1.64. The molecule has 0 aliphatic carbocycles.